The van der Waals surface area contributed by atoms with Crippen molar-refractivity contribution in [2.75, 3.05) is 0 Å². The van der Waals surface area contributed by atoms with Crippen molar-refractivity contribution in [3.05, 3.63) is 0 Å². The maximum Gasteiger partial charge on any atom is 0.356 e. The second-order valence-electron chi connectivity index (χ2n) is 1.34. The van der Waals surface area contributed by atoms with Gasteiger partial charge in [-0.25, -0.2) is 0 Å². The topological polar surface area (TPSA) is 0 Å². The van der Waals surface area contributed by atoms with E-state index in [9.17, 15) is 0 Å². The quantitative estimate of drug-likeness (QED) is 0.543. The van der Waals surface area contributed by atoms with Crippen molar-refractivity contribution in [1.29, 1.82) is 0 Å². The van der Waals surface area contributed by atoms with E-state index in [2.05, 4.69) is 0 Å². The van der Waals surface area contributed by atoms with Gasteiger partial charge in [0, 0.05) is 0 Å². The van der Waals surface area contributed by atoms with Gasteiger partial charge in [0.1, 0.15) is 0 Å². The largest absolute Gasteiger partial charge is 0.356 e. The monoisotopic (exact) mass is 296 g/mol. The van der Waals surface area contributed by atoms with E-state index in [0.29, 0.717) is 0 Å². The first-order valence-electron chi connectivity index (χ1n) is 1.82. The van der Waals surface area contributed by atoms with E-state index in [1.807, 2.05) is 0 Å². The molecule has 0 heterocycles. The zero-order valence-electron chi connectivity index (χ0n) is 3.97. The van der Waals surface area contributed by atoms with E-state index in [1.54, 1.807) is 0 Å². The summed E-state index contributed by atoms with van der Waals surface area (Å²) in [5, 5.41) is 0. The molecule has 0 saturated carbocycles. The molecule has 0 aliphatic heterocycles. The minimum absolute atomic E-state index is 1.05. The fourth-order valence-electron chi connectivity index (χ4n) is 0.0758. The third kappa shape index (κ3) is 3.53. The van der Waals surface area contributed by atoms with Crippen molar-refractivity contribution < 1.29 is 0 Å². The summed E-state index contributed by atoms with van der Waals surface area (Å²) in [5.74, 6) is 0. The molecule has 0 fully saturated rings. The normalized spacial score (nSPS) is 15.3. The van der Waals surface area contributed by atoms with E-state index in [0.717, 1.165) is 0 Å². The first kappa shape index (κ1) is 11.4. The van der Waals surface area contributed by atoms with Gasteiger partial charge in [0.05, 0.1) is 0 Å². The van der Waals surface area contributed by atoms with Gasteiger partial charge in [0.15, 0.2) is 8.35 Å². The fourth-order valence-corrected chi connectivity index (χ4v) is 18.4. The summed E-state index contributed by atoms with van der Waals surface area (Å²) in [7, 11) is -1.05. The lowest BCUT2D eigenvalue weighted by Gasteiger charge is -2.18. The molecule has 0 rings (SSSR count). The summed E-state index contributed by atoms with van der Waals surface area (Å²) in [6.07, 6.45) is 0. The van der Waals surface area contributed by atoms with Gasteiger partial charge in [-0.05, 0) is 0 Å². The molecule has 56 valence electrons. The Hall–Kier alpha value is 2.39. The van der Waals surface area contributed by atoms with Crippen molar-refractivity contribution >= 4 is 86.1 Å². The smallest absolute Gasteiger partial charge is 0.177 e. The molecular weight excluding hydrogens is 297 g/mol. The summed E-state index contributed by atoms with van der Waals surface area (Å²) >= 11 is 33.5. The Balaban J connectivity index is 4.14. The summed E-state index contributed by atoms with van der Waals surface area (Å²) < 4.78 is 0. The van der Waals surface area contributed by atoms with Crippen LogP contribution in [0.3, 0.4) is 0 Å². The molecular formula is H2Cl6Si3. The van der Waals surface area contributed by atoms with Crippen LogP contribution in [0.2, 0.25) is 0 Å². The van der Waals surface area contributed by atoms with Crippen LogP contribution < -0.4 is 0 Å². The highest BCUT2D eigenvalue weighted by Gasteiger charge is 2.52. The summed E-state index contributed by atoms with van der Waals surface area (Å²) in [5.41, 5.74) is -5.46. The molecule has 0 atom stereocenters. The van der Waals surface area contributed by atoms with E-state index in [-0.39, 0.29) is 0 Å². The van der Waals surface area contributed by atoms with Crippen LogP contribution >= 0.6 is 66.5 Å². The lowest BCUT2D eigenvalue weighted by atomic mass is 26.4. The Morgan fingerprint density at radius 2 is 1.22 bits per heavy atom. The molecule has 0 bridgehead atoms. The Morgan fingerprint density at radius 3 is 1.22 bits per heavy atom. The molecule has 0 saturated heterocycles. The van der Waals surface area contributed by atoms with Crippen LogP contribution in [0.5, 0.6) is 0 Å². The van der Waals surface area contributed by atoms with E-state index < -0.39 is 19.6 Å². The molecule has 0 N–H and O–H groups in total. The van der Waals surface area contributed by atoms with Crippen LogP contribution in [-0.4, -0.2) is 19.6 Å². The van der Waals surface area contributed by atoms with Crippen molar-refractivity contribution in [3.8, 4) is 0 Å². The molecule has 0 aromatic heterocycles. The molecule has 0 unspecified atom stereocenters. The van der Waals surface area contributed by atoms with Crippen LogP contribution in [0.1, 0.15) is 0 Å². The molecule has 0 aliphatic carbocycles. The standard InChI is InChI=1S/Cl6H2Si3/c1-7-9(5,6)8(2,3)4/h7H2. The third-order valence-corrected chi connectivity index (χ3v) is 47.2. The van der Waals surface area contributed by atoms with Crippen molar-refractivity contribution in [3.63, 3.8) is 0 Å². The summed E-state index contributed by atoms with van der Waals surface area (Å²) in [6, 6.07) is 0. The highest BCUT2D eigenvalue weighted by Crippen LogP contribution is 2.36. The molecule has 0 aromatic carbocycles. The van der Waals surface area contributed by atoms with Crippen molar-refractivity contribution in [2.45, 2.75) is 0 Å². The van der Waals surface area contributed by atoms with E-state index in [4.69, 9.17) is 66.5 Å². The van der Waals surface area contributed by atoms with Crippen LogP contribution in [0.15, 0.2) is 0 Å². The van der Waals surface area contributed by atoms with Crippen LogP contribution in [0, 0.1) is 0 Å². The van der Waals surface area contributed by atoms with E-state index >= 15 is 0 Å². The number of halogens is 6. The summed E-state index contributed by atoms with van der Waals surface area (Å²) in [6.45, 7) is 0. The first-order chi connectivity index (χ1) is 3.81. The number of rotatable bonds is 2. The molecule has 0 aliphatic rings. The van der Waals surface area contributed by atoms with Gasteiger partial charge in [0.25, 0.3) is 5.73 Å². The van der Waals surface area contributed by atoms with Crippen LogP contribution in [-0.2, 0) is 0 Å². The van der Waals surface area contributed by atoms with Gasteiger partial charge in [-0.1, -0.05) is 0 Å². The molecule has 0 aromatic rings. The predicted molar refractivity (Wildman–Crippen MR) is 55.2 cm³/mol. The predicted octanol–water partition coefficient (Wildman–Crippen LogP) is 2.46. The highest BCUT2D eigenvalue weighted by molar-refractivity contribution is 8.12. The van der Waals surface area contributed by atoms with Crippen LogP contribution in [0.25, 0.3) is 0 Å². The van der Waals surface area contributed by atoms with Crippen molar-refractivity contribution in [1.82, 2.24) is 0 Å². The third-order valence-electron chi connectivity index (χ3n) is 0.583. The Bertz CT molecular complexity index is 91.0. The Labute approximate surface area is 85.3 Å². The summed E-state index contributed by atoms with van der Waals surface area (Å²) in [4.78, 5) is 0. The van der Waals surface area contributed by atoms with Gasteiger partial charge < -0.3 is 0 Å². The molecule has 0 spiro atoms. The molecule has 0 nitrogen and oxygen atoms in total. The average molecular weight is 299 g/mol. The Morgan fingerprint density at radius 1 is 0.889 bits per heavy atom. The molecule has 9 heteroatoms. The van der Waals surface area contributed by atoms with Crippen molar-refractivity contribution in [2.24, 2.45) is 0 Å². The zero-order valence-corrected chi connectivity index (χ0v) is 11.9. The van der Waals surface area contributed by atoms with Gasteiger partial charge in [-0.15, -0.1) is 55.4 Å². The van der Waals surface area contributed by atoms with E-state index in [1.165, 1.54) is 0 Å². The maximum absolute atomic E-state index is 5.70. The molecule has 0 amide bonds. The average Bonchev–Trinajstić information content (AvgIpc) is 1.64. The number of hydrogen-bond donors (Lipinski definition) is 0. The minimum atomic E-state index is -2.87. The lowest BCUT2D eigenvalue weighted by molar-refractivity contribution is 3.45. The first-order valence-corrected chi connectivity index (χ1v) is 16.3. The number of hydrogen-bond acceptors (Lipinski definition) is 0. The highest BCUT2D eigenvalue weighted by atomic mass is 35.9. The van der Waals surface area contributed by atoms with Gasteiger partial charge in [-0.3, -0.25) is 0 Å². The molecule has 9 heavy (non-hydrogen) atoms. The van der Waals surface area contributed by atoms with Gasteiger partial charge in [-0.2, -0.15) is 11.1 Å². The fraction of sp³-hybridized carbons (Fsp3) is 0. The zero-order chi connectivity index (χ0) is 7.71. The lowest BCUT2D eigenvalue weighted by Crippen LogP contribution is -2.46. The second kappa shape index (κ2) is 3.87. The molecule has 0 radical (unpaired) electrons. The maximum atomic E-state index is 5.70. The Kier molecular flexibility index (Phi) is 4.90. The van der Waals surface area contributed by atoms with Gasteiger partial charge >= 0.3 is 5.52 Å². The second-order valence-corrected chi connectivity index (χ2v) is 36.1. The SMILES string of the molecule is Cl[SiH2][Si](Cl)(Cl)[Si](Cl)(Cl)Cl. The minimum Gasteiger partial charge on any atom is -0.177 e. The van der Waals surface area contributed by atoms with Crippen LogP contribution in [0.4, 0.5) is 0 Å². The van der Waals surface area contributed by atoms with Gasteiger partial charge in [0.2, 0.25) is 0 Å².